The van der Waals surface area contributed by atoms with E-state index in [1.807, 2.05) is 0 Å². The summed E-state index contributed by atoms with van der Waals surface area (Å²) in [5, 5.41) is 2.50. The first-order chi connectivity index (χ1) is 15.4. The number of hydrogen-bond acceptors (Lipinski definition) is 7. The molecule has 1 aliphatic carbocycles. The van der Waals surface area contributed by atoms with Gasteiger partial charge in [-0.25, -0.2) is 18.7 Å². The van der Waals surface area contributed by atoms with Gasteiger partial charge in [0.1, 0.15) is 11.5 Å². The van der Waals surface area contributed by atoms with E-state index < -0.39 is 17.5 Å². The molecule has 0 radical (unpaired) electrons. The Morgan fingerprint density at radius 2 is 1.88 bits per heavy atom. The molecular formula is C22H22F2N6O2. The van der Waals surface area contributed by atoms with Gasteiger partial charge >= 0.3 is 0 Å². The second-order valence-corrected chi connectivity index (χ2v) is 7.46. The molecule has 4 rings (SSSR count). The summed E-state index contributed by atoms with van der Waals surface area (Å²) in [5.41, 5.74) is 8.77. The molecular weight excluding hydrogens is 418 g/mol. The molecule has 166 valence electrons. The zero-order valence-corrected chi connectivity index (χ0v) is 17.1. The Labute approximate surface area is 183 Å². The zero-order chi connectivity index (χ0) is 22.7. The number of amides is 1. The van der Waals surface area contributed by atoms with E-state index in [2.05, 4.69) is 20.7 Å². The highest BCUT2D eigenvalue weighted by Crippen LogP contribution is 2.28. The van der Waals surface area contributed by atoms with Crippen molar-refractivity contribution in [1.29, 1.82) is 0 Å². The van der Waals surface area contributed by atoms with Gasteiger partial charge < -0.3 is 21.2 Å². The highest BCUT2D eigenvalue weighted by atomic mass is 19.1. The van der Waals surface area contributed by atoms with Crippen molar-refractivity contribution in [1.82, 2.24) is 9.97 Å². The summed E-state index contributed by atoms with van der Waals surface area (Å²) in [4.78, 5) is 20.9. The largest absolute Gasteiger partial charge is 0.487 e. The van der Waals surface area contributed by atoms with Gasteiger partial charge in [-0.15, -0.1) is 0 Å². The smallest absolute Gasteiger partial charge is 0.258 e. The highest BCUT2D eigenvalue weighted by Gasteiger charge is 2.19. The first-order valence-corrected chi connectivity index (χ1v) is 10.1. The van der Waals surface area contributed by atoms with Gasteiger partial charge in [0.05, 0.1) is 17.9 Å². The van der Waals surface area contributed by atoms with E-state index in [0.717, 1.165) is 37.8 Å². The second-order valence-electron chi connectivity index (χ2n) is 7.46. The molecule has 1 aliphatic rings. The Kier molecular flexibility index (Phi) is 6.13. The monoisotopic (exact) mass is 440 g/mol. The molecule has 0 bridgehead atoms. The van der Waals surface area contributed by atoms with Crippen LogP contribution in [0.4, 0.5) is 26.0 Å². The number of carbonyl (C=O) groups is 1. The van der Waals surface area contributed by atoms with Crippen LogP contribution in [-0.4, -0.2) is 22.0 Å². The molecule has 0 atom stereocenters. The maximum Gasteiger partial charge on any atom is 0.258 e. The molecule has 3 aromatic rings. The Bertz CT molecular complexity index is 1150. The average Bonchev–Trinajstić information content (AvgIpc) is 3.29. The van der Waals surface area contributed by atoms with Gasteiger partial charge in [-0.1, -0.05) is 0 Å². The molecule has 1 heterocycles. The number of carbonyl (C=O) groups excluding carboxylic acids is 1. The average molecular weight is 440 g/mol. The first-order valence-electron chi connectivity index (χ1n) is 10.1. The number of hydrogen-bond donors (Lipinski definition) is 4. The van der Waals surface area contributed by atoms with Crippen molar-refractivity contribution >= 4 is 23.1 Å². The number of aromatic nitrogens is 2. The maximum atomic E-state index is 14.4. The van der Waals surface area contributed by atoms with Crippen LogP contribution in [0, 0.1) is 11.6 Å². The number of ether oxygens (including phenoxy) is 1. The Morgan fingerprint density at radius 3 is 2.56 bits per heavy atom. The summed E-state index contributed by atoms with van der Waals surface area (Å²) in [6.45, 7) is 0. The van der Waals surface area contributed by atoms with E-state index in [-0.39, 0.29) is 34.7 Å². The quantitative estimate of drug-likeness (QED) is 0.338. The molecule has 2 aromatic carbocycles. The van der Waals surface area contributed by atoms with Gasteiger partial charge in [-0.05, 0) is 56.0 Å². The molecule has 8 nitrogen and oxygen atoms in total. The molecule has 0 aliphatic heterocycles. The highest BCUT2D eigenvalue weighted by molar-refractivity contribution is 6.05. The molecule has 1 fully saturated rings. The summed E-state index contributed by atoms with van der Waals surface area (Å²) in [6, 6.07) is 7.95. The third-order valence-corrected chi connectivity index (χ3v) is 5.23. The summed E-state index contributed by atoms with van der Waals surface area (Å²) in [6.07, 6.45) is 5.31. The van der Waals surface area contributed by atoms with Crippen molar-refractivity contribution in [3.8, 4) is 17.1 Å². The van der Waals surface area contributed by atoms with Gasteiger partial charge in [0.2, 0.25) is 0 Å². The minimum atomic E-state index is -0.749. The van der Waals surface area contributed by atoms with Crippen molar-refractivity contribution < 1.29 is 18.3 Å². The minimum absolute atomic E-state index is 0.00716. The second kappa shape index (κ2) is 9.15. The van der Waals surface area contributed by atoms with Crippen LogP contribution in [0.2, 0.25) is 0 Å². The summed E-state index contributed by atoms with van der Waals surface area (Å²) < 4.78 is 34.5. The molecule has 6 N–H and O–H groups in total. The third-order valence-electron chi connectivity index (χ3n) is 5.23. The van der Waals surface area contributed by atoms with Crippen LogP contribution in [-0.2, 0) is 0 Å². The minimum Gasteiger partial charge on any atom is -0.487 e. The molecule has 32 heavy (non-hydrogen) atoms. The van der Waals surface area contributed by atoms with Crippen molar-refractivity contribution in [2.24, 2.45) is 5.84 Å². The van der Waals surface area contributed by atoms with Gasteiger partial charge in [0.15, 0.2) is 23.2 Å². The fourth-order valence-corrected chi connectivity index (χ4v) is 3.54. The van der Waals surface area contributed by atoms with E-state index in [1.54, 1.807) is 0 Å². The number of halogens is 2. The SMILES string of the molecule is NNc1cnc(-c2ccc(F)c(C(=O)Nc3ccc(OC4CCCC4)c(F)c3)c2)nc1N. The molecule has 0 saturated heterocycles. The van der Waals surface area contributed by atoms with E-state index in [9.17, 15) is 13.6 Å². The fraction of sp³-hybridized carbons (Fsp3) is 0.227. The van der Waals surface area contributed by atoms with Crippen LogP contribution in [0.15, 0.2) is 42.6 Å². The molecule has 1 saturated carbocycles. The van der Waals surface area contributed by atoms with Crippen LogP contribution in [0.5, 0.6) is 5.75 Å². The number of rotatable bonds is 6. The van der Waals surface area contributed by atoms with Gasteiger partial charge in [-0.2, -0.15) is 0 Å². The number of nitrogens with two attached hydrogens (primary N) is 2. The number of hydrazine groups is 1. The van der Waals surface area contributed by atoms with E-state index >= 15 is 0 Å². The van der Waals surface area contributed by atoms with Crippen molar-refractivity contribution in [3.05, 3.63) is 59.8 Å². The summed E-state index contributed by atoms with van der Waals surface area (Å²) in [7, 11) is 0. The van der Waals surface area contributed by atoms with Crippen LogP contribution >= 0.6 is 0 Å². The number of nitrogens with one attached hydrogen (secondary N) is 2. The number of benzene rings is 2. The Morgan fingerprint density at radius 1 is 1.09 bits per heavy atom. The van der Waals surface area contributed by atoms with Crippen LogP contribution in [0.1, 0.15) is 36.0 Å². The number of nitrogen functional groups attached to an aromatic ring is 2. The van der Waals surface area contributed by atoms with Crippen LogP contribution < -0.4 is 27.1 Å². The van der Waals surface area contributed by atoms with Gasteiger partial charge in [-0.3, -0.25) is 10.6 Å². The molecule has 0 unspecified atom stereocenters. The lowest BCUT2D eigenvalue weighted by molar-refractivity contribution is 0.102. The zero-order valence-electron chi connectivity index (χ0n) is 17.1. The first kappa shape index (κ1) is 21.4. The van der Waals surface area contributed by atoms with Crippen molar-refractivity contribution in [2.45, 2.75) is 31.8 Å². The molecule has 1 amide bonds. The van der Waals surface area contributed by atoms with Crippen molar-refractivity contribution in [3.63, 3.8) is 0 Å². The maximum absolute atomic E-state index is 14.4. The fourth-order valence-electron chi connectivity index (χ4n) is 3.54. The topological polar surface area (TPSA) is 128 Å². The van der Waals surface area contributed by atoms with Gasteiger partial charge in [0, 0.05) is 17.3 Å². The Balaban J connectivity index is 1.52. The number of nitrogens with zero attached hydrogens (tertiary/aromatic N) is 2. The predicted molar refractivity (Wildman–Crippen MR) is 117 cm³/mol. The molecule has 1 aromatic heterocycles. The third kappa shape index (κ3) is 4.59. The van der Waals surface area contributed by atoms with E-state index in [4.69, 9.17) is 16.3 Å². The Hall–Kier alpha value is -3.79. The lowest BCUT2D eigenvalue weighted by Gasteiger charge is -2.14. The normalized spacial score (nSPS) is 13.7. The lowest BCUT2D eigenvalue weighted by Crippen LogP contribution is -2.15. The summed E-state index contributed by atoms with van der Waals surface area (Å²) >= 11 is 0. The van der Waals surface area contributed by atoms with Crippen LogP contribution in [0.3, 0.4) is 0 Å². The van der Waals surface area contributed by atoms with Crippen molar-refractivity contribution in [2.75, 3.05) is 16.5 Å². The lowest BCUT2D eigenvalue weighted by atomic mass is 10.1. The van der Waals surface area contributed by atoms with Gasteiger partial charge in [0.25, 0.3) is 5.91 Å². The van der Waals surface area contributed by atoms with E-state index in [0.29, 0.717) is 11.3 Å². The standard InChI is InChI=1S/C22H22F2N6O2/c23-16-7-5-12(21-27-11-18(30-26)20(25)29-21)9-15(16)22(31)28-13-6-8-19(17(24)10-13)32-14-3-1-2-4-14/h5-11,14,30H,1-4,26H2,(H,28,31)(H2,25,27,29). The summed E-state index contributed by atoms with van der Waals surface area (Å²) in [5.74, 6) is 3.64. The van der Waals surface area contributed by atoms with E-state index in [1.165, 1.54) is 30.5 Å². The van der Waals surface area contributed by atoms with Crippen LogP contribution in [0.25, 0.3) is 11.4 Å². The molecule has 10 heteroatoms. The predicted octanol–water partition coefficient (Wildman–Crippen LogP) is 3.86. The molecule has 0 spiro atoms. The number of anilines is 3.